The molecule has 2 rings (SSSR count). The molecule has 0 amide bonds. The predicted octanol–water partition coefficient (Wildman–Crippen LogP) is 0.771. The number of aryl methyl sites for hydroxylation is 1. The van der Waals surface area contributed by atoms with Gasteiger partial charge in [0.05, 0.1) is 12.4 Å². The first-order chi connectivity index (χ1) is 5.86. The van der Waals surface area contributed by atoms with Gasteiger partial charge in [-0.1, -0.05) is 0 Å². The van der Waals surface area contributed by atoms with Crippen molar-refractivity contribution in [1.29, 1.82) is 0 Å². The van der Waals surface area contributed by atoms with E-state index < -0.39 is 0 Å². The highest BCUT2D eigenvalue weighted by atomic mass is 15.5. The quantitative estimate of drug-likeness (QED) is 0.617. The first-order valence-corrected chi connectivity index (χ1v) is 3.57. The second kappa shape index (κ2) is 2.73. The molecule has 0 N–H and O–H groups in total. The minimum atomic E-state index is 0.764. The van der Waals surface area contributed by atoms with Crippen LogP contribution in [0.5, 0.6) is 0 Å². The average Bonchev–Trinajstić information content (AvgIpc) is 2.56. The molecule has 0 spiro atoms. The number of hydrogen-bond donors (Lipinski definition) is 0. The minimum Gasteiger partial charge on any atom is -0.252 e. The van der Waals surface area contributed by atoms with Gasteiger partial charge in [-0.25, -0.2) is 0 Å². The maximum Gasteiger partial charge on any atom is 0.118 e. The molecule has 4 heteroatoms. The highest BCUT2D eigenvalue weighted by Gasteiger charge is 1.97. The molecule has 4 nitrogen and oxygen atoms in total. The molecule has 12 heavy (non-hydrogen) atoms. The Balaban J connectivity index is 2.48. The molecule has 2 heterocycles. The smallest absolute Gasteiger partial charge is 0.118 e. The molecule has 0 fully saturated rings. The molecular formula is C8H7N4. The average molecular weight is 159 g/mol. The van der Waals surface area contributed by atoms with Crippen LogP contribution < -0.4 is 0 Å². The lowest BCUT2D eigenvalue weighted by molar-refractivity contribution is 0.746. The van der Waals surface area contributed by atoms with Crippen molar-refractivity contribution in [3.8, 4) is 5.69 Å². The Morgan fingerprint density at radius 1 is 1.33 bits per heavy atom. The van der Waals surface area contributed by atoms with Gasteiger partial charge in [-0.05, 0) is 18.6 Å². The highest BCUT2D eigenvalue weighted by Crippen LogP contribution is 2.02. The number of hydrogen-bond acceptors (Lipinski definition) is 3. The number of rotatable bonds is 1. The van der Waals surface area contributed by atoms with E-state index >= 15 is 0 Å². The van der Waals surface area contributed by atoms with Crippen molar-refractivity contribution in [3.63, 3.8) is 0 Å². The second-order valence-electron chi connectivity index (χ2n) is 2.46. The Labute approximate surface area is 69.9 Å². The molecule has 0 bridgehead atoms. The van der Waals surface area contributed by atoms with E-state index in [2.05, 4.69) is 21.4 Å². The SMILES string of the molecule is Cc1cn[c]c(-n2nccn2)c1. The Hall–Kier alpha value is -1.71. The van der Waals surface area contributed by atoms with Crippen LogP contribution in [0, 0.1) is 13.1 Å². The summed E-state index contributed by atoms with van der Waals surface area (Å²) < 4.78 is 0. The molecule has 0 unspecified atom stereocenters. The van der Waals surface area contributed by atoms with Gasteiger partial charge in [0.15, 0.2) is 0 Å². The first-order valence-electron chi connectivity index (χ1n) is 3.57. The number of nitrogens with zero attached hydrogens (tertiary/aromatic N) is 4. The van der Waals surface area contributed by atoms with Crippen LogP contribution in [0.2, 0.25) is 0 Å². The lowest BCUT2D eigenvalue weighted by Gasteiger charge is -1.97. The van der Waals surface area contributed by atoms with E-state index in [-0.39, 0.29) is 0 Å². The largest absolute Gasteiger partial charge is 0.252 e. The van der Waals surface area contributed by atoms with Gasteiger partial charge in [0.2, 0.25) is 0 Å². The van der Waals surface area contributed by atoms with Crippen LogP contribution in [-0.2, 0) is 0 Å². The third-order valence-corrected chi connectivity index (χ3v) is 1.45. The summed E-state index contributed by atoms with van der Waals surface area (Å²) in [7, 11) is 0. The van der Waals surface area contributed by atoms with Crippen LogP contribution >= 0.6 is 0 Å². The predicted molar refractivity (Wildman–Crippen MR) is 42.7 cm³/mol. The maximum absolute atomic E-state index is 3.96. The topological polar surface area (TPSA) is 43.6 Å². The fourth-order valence-corrected chi connectivity index (χ4v) is 0.928. The van der Waals surface area contributed by atoms with E-state index in [4.69, 9.17) is 0 Å². The lowest BCUT2D eigenvalue weighted by Crippen LogP contribution is -1.99. The van der Waals surface area contributed by atoms with E-state index in [1.165, 1.54) is 4.80 Å². The van der Waals surface area contributed by atoms with E-state index in [9.17, 15) is 0 Å². The van der Waals surface area contributed by atoms with Gasteiger partial charge in [0.25, 0.3) is 0 Å². The zero-order chi connectivity index (χ0) is 8.39. The zero-order valence-electron chi connectivity index (χ0n) is 6.60. The first kappa shape index (κ1) is 6.97. The van der Waals surface area contributed by atoms with E-state index in [1.807, 2.05) is 13.0 Å². The van der Waals surface area contributed by atoms with Crippen molar-refractivity contribution in [1.82, 2.24) is 20.0 Å². The highest BCUT2D eigenvalue weighted by molar-refractivity contribution is 5.27. The molecule has 0 saturated carbocycles. The summed E-state index contributed by atoms with van der Waals surface area (Å²) in [6.07, 6.45) is 7.79. The van der Waals surface area contributed by atoms with Gasteiger partial charge < -0.3 is 0 Å². The van der Waals surface area contributed by atoms with Gasteiger partial charge in [-0.15, -0.1) is 4.80 Å². The third kappa shape index (κ3) is 1.18. The van der Waals surface area contributed by atoms with Crippen molar-refractivity contribution >= 4 is 0 Å². The summed E-state index contributed by atoms with van der Waals surface area (Å²) >= 11 is 0. The fourth-order valence-electron chi connectivity index (χ4n) is 0.928. The summed E-state index contributed by atoms with van der Waals surface area (Å²) in [4.78, 5) is 5.40. The van der Waals surface area contributed by atoms with Crippen molar-refractivity contribution in [2.45, 2.75) is 6.92 Å². The van der Waals surface area contributed by atoms with Crippen molar-refractivity contribution in [2.75, 3.05) is 0 Å². The van der Waals surface area contributed by atoms with Gasteiger partial charge in [0.1, 0.15) is 11.9 Å². The summed E-state index contributed by atoms with van der Waals surface area (Å²) in [5.74, 6) is 0. The van der Waals surface area contributed by atoms with Crippen molar-refractivity contribution in [3.05, 3.63) is 36.4 Å². The second-order valence-corrected chi connectivity index (χ2v) is 2.46. The van der Waals surface area contributed by atoms with Crippen molar-refractivity contribution in [2.24, 2.45) is 0 Å². The molecule has 0 aliphatic heterocycles. The zero-order valence-corrected chi connectivity index (χ0v) is 6.60. The summed E-state index contributed by atoms with van der Waals surface area (Å²) in [5, 5.41) is 7.92. The lowest BCUT2D eigenvalue weighted by atomic mass is 10.3. The van der Waals surface area contributed by atoms with Crippen LogP contribution in [-0.4, -0.2) is 20.0 Å². The molecule has 0 aromatic carbocycles. The molecule has 2 aromatic heterocycles. The molecule has 59 valence electrons. The molecule has 0 atom stereocenters. The van der Waals surface area contributed by atoms with Gasteiger partial charge in [0, 0.05) is 6.20 Å². The van der Waals surface area contributed by atoms with Crippen LogP contribution in [0.3, 0.4) is 0 Å². The van der Waals surface area contributed by atoms with Crippen LogP contribution in [0.4, 0.5) is 0 Å². The molecule has 0 aliphatic rings. The standard InChI is InChI=1S/C8H7N4/c1-7-4-8(6-9-5-7)12-10-2-3-11-12/h2-5H,1H3. The van der Waals surface area contributed by atoms with Gasteiger partial charge in [-0.3, -0.25) is 4.98 Å². The monoisotopic (exact) mass is 159 g/mol. The summed E-state index contributed by atoms with van der Waals surface area (Å²) in [6.45, 7) is 1.97. The van der Waals surface area contributed by atoms with Crippen LogP contribution in [0.15, 0.2) is 24.7 Å². The van der Waals surface area contributed by atoms with Crippen molar-refractivity contribution < 1.29 is 0 Å². The molecule has 0 aliphatic carbocycles. The fraction of sp³-hybridized carbons (Fsp3) is 0.125. The van der Waals surface area contributed by atoms with Crippen LogP contribution in [0.1, 0.15) is 5.56 Å². The molecule has 1 radical (unpaired) electrons. The Kier molecular flexibility index (Phi) is 1.59. The number of pyridine rings is 1. The summed E-state index contributed by atoms with van der Waals surface area (Å²) in [5.41, 5.74) is 1.83. The normalized spacial score (nSPS) is 10.1. The third-order valence-electron chi connectivity index (χ3n) is 1.45. The molecule has 2 aromatic rings. The van der Waals surface area contributed by atoms with E-state index in [0.29, 0.717) is 0 Å². The summed E-state index contributed by atoms with van der Waals surface area (Å²) in [6, 6.07) is 1.92. The number of aromatic nitrogens is 4. The Morgan fingerprint density at radius 2 is 2.08 bits per heavy atom. The van der Waals surface area contributed by atoms with E-state index in [1.54, 1.807) is 18.6 Å². The Morgan fingerprint density at radius 3 is 2.75 bits per heavy atom. The van der Waals surface area contributed by atoms with E-state index in [0.717, 1.165) is 11.3 Å². The van der Waals surface area contributed by atoms with Gasteiger partial charge in [-0.2, -0.15) is 10.2 Å². The maximum atomic E-state index is 3.96. The minimum absolute atomic E-state index is 0.764. The molecular weight excluding hydrogens is 152 g/mol. The van der Waals surface area contributed by atoms with Crippen LogP contribution in [0.25, 0.3) is 5.69 Å². The van der Waals surface area contributed by atoms with Gasteiger partial charge >= 0.3 is 0 Å². The molecule has 0 saturated heterocycles. The Bertz CT molecular complexity index is 366.